The zero-order chi connectivity index (χ0) is 22.9. The monoisotopic (exact) mass is 521 g/mol. The molecule has 0 saturated heterocycles. The highest BCUT2D eigenvalue weighted by Gasteiger charge is 2.25. The molecule has 0 aromatic carbocycles. The van der Waals surface area contributed by atoms with Crippen LogP contribution in [0.1, 0.15) is 142 Å². The second kappa shape index (κ2) is 27.6. The van der Waals surface area contributed by atoms with E-state index in [0.717, 1.165) is 30.7 Å². The van der Waals surface area contributed by atoms with Gasteiger partial charge in [0, 0.05) is 0 Å². The first-order chi connectivity index (χ1) is 15.2. The van der Waals surface area contributed by atoms with E-state index in [4.69, 9.17) is 0 Å². The van der Waals surface area contributed by atoms with E-state index >= 15 is 0 Å². The zero-order valence-corrected chi connectivity index (χ0v) is 23.7. The van der Waals surface area contributed by atoms with Crippen molar-refractivity contribution < 1.29 is 31.7 Å². The van der Waals surface area contributed by atoms with Crippen LogP contribution >= 0.6 is 0 Å². The Morgan fingerprint density at radius 1 is 0.375 bits per heavy atom. The predicted molar refractivity (Wildman–Crippen MR) is 138 cm³/mol. The van der Waals surface area contributed by atoms with Crippen molar-refractivity contribution in [2.45, 2.75) is 142 Å². The van der Waals surface area contributed by atoms with Crippen LogP contribution < -0.4 is 17.0 Å². The molecule has 0 aliphatic rings. The predicted octanol–water partition coefficient (Wildman–Crippen LogP) is 4.63. The zero-order valence-electron chi connectivity index (χ0n) is 22.1. The average Bonchev–Trinajstić information content (AvgIpc) is 2.77. The van der Waals surface area contributed by atoms with Gasteiger partial charge >= 0.3 is 0 Å². The Morgan fingerprint density at radius 2 is 0.625 bits per heavy atom. The number of hydrogen-bond donors (Lipinski definition) is 2. The lowest BCUT2D eigenvalue weighted by atomic mass is 10.0. The Labute approximate surface area is 213 Å². The molecule has 0 aromatic rings. The maximum absolute atomic E-state index is 9.62. The molecule has 0 atom stereocenters. The maximum Gasteiger partial charge on any atom is 0.102 e. The van der Waals surface area contributed by atoms with Crippen LogP contribution in [0, 0.1) is 0 Å². The van der Waals surface area contributed by atoms with Crippen molar-refractivity contribution in [1.82, 2.24) is 0 Å². The first kappa shape index (κ1) is 34.5. The van der Waals surface area contributed by atoms with E-state index in [1.54, 1.807) is 0 Å². The van der Waals surface area contributed by atoms with Crippen LogP contribution in [-0.2, 0) is 0 Å². The lowest BCUT2D eigenvalue weighted by molar-refractivity contribution is -0.929. The Balaban J connectivity index is 0. The number of hydrogen-bond acceptors (Lipinski definition) is 2. The highest BCUT2D eigenvalue weighted by atomic mass is 79.9. The summed E-state index contributed by atoms with van der Waals surface area (Å²) in [7, 11) is 0. The summed E-state index contributed by atoms with van der Waals surface area (Å²) in [5, 5.41) is 19.2. The summed E-state index contributed by atoms with van der Waals surface area (Å²) in [4.78, 5) is 0. The molecule has 0 unspecified atom stereocenters. The van der Waals surface area contributed by atoms with Gasteiger partial charge < -0.3 is 31.7 Å². The van der Waals surface area contributed by atoms with E-state index in [1.165, 1.54) is 128 Å². The Kier molecular flexibility index (Phi) is 29.8. The fourth-order valence-corrected chi connectivity index (χ4v) is 4.96. The van der Waals surface area contributed by atoms with Crippen molar-refractivity contribution in [3.63, 3.8) is 0 Å². The Hall–Kier alpha value is 0.360. The van der Waals surface area contributed by atoms with Crippen LogP contribution in [-0.4, -0.2) is 54.1 Å². The van der Waals surface area contributed by atoms with Gasteiger partial charge in [0.25, 0.3) is 0 Å². The second-order valence-electron chi connectivity index (χ2n) is 10.0. The number of quaternary nitrogens is 1. The smallest absolute Gasteiger partial charge is 0.102 e. The fourth-order valence-electron chi connectivity index (χ4n) is 4.96. The molecule has 0 radical (unpaired) electrons. The Bertz CT molecular complexity index is 335. The summed E-state index contributed by atoms with van der Waals surface area (Å²) in [6, 6.07) is 0. The number of rotatable bonds is 26. The molecular weight excluding hydrogens is 462 g/mol. The van der Waals surface area contributed by atoms with E-state index in [9.17, 15) is 10.2 Å². The largest absolute Gasteiger partial charge is 1.00 e. The van der Waals surface area contributed by atoms with Crippen LogP contribution in [0.5, 0.6) is 0 Å². The summed E-state index contributed by atoms with van der Waals surface area (Å²) in [6.45, 7) is 8.93. The van der Waals surface area contributed by atoms with Crippen molar-refractivity contribution in [2.75, 3.05) is 39.4 Å². The Morgan fingerprint density at radius 3 is 0.875 bits per heavy atom. The van der Waals surface area contributed by atoms with Gasteiger partial charge in [0.05, 0.1) is 26.3 Å². The molecule has 0 aliphatic heterocycles. The van der Waals surface area contributed by atoms with Crippen molar-refractivity contribution in [1.29, 1.82) is 0 Å². The molecule has 0 saturated carbocycles. The highest BCUT2D eigenvalue weighted by molar-refractivity contribution is 4.52. The van der Waals surface area contributed by atoms with Crippen molar-refractivity contribution in [3.8, 4) is 0 Å². The molecule has 0 rings (SSSR count). The number of unbranched alkanes of at least 4 members (excludes halogenated alkanes) is 18. The van der Waals surface area contributed by atoms with Gasteiger partial charge in [-0.05, 0) is 25.7 Å². The number of aliphatic hydroxyl groups excluding tert-OH is 2. The van der Waals surface area contributed by atoms with Crippen LogP contribution in [0.4, 0.5) is 0 Å². The van der Waals surface area contributed by atoms with Gasteiger partial charge in [-0.25, -0.2) is 0 Å². The van der Waals surface area contributed by atoms with Crippen molar-refractivity contribution in [2.24, 2.45) is 0 Å². The number of halogens is 1. The standard InChI is InChI=1S/C28H60NO2.BrH/c1-3-5-7-9-11-12-13-14-15-16-17-18-20-22-24-29(25-27-30,26-28-31)23-21-19-10-8-6-4-2;/h30-31H,3-28H2,1-2H3;1H/q+1;/p-1. The van der Waals surface area contributed by atoms with Gasteiger partial charge in [-0.15, -0.1) is 0 Å². The summed E-state index contributed by atoms with van der Waals surface area (Å²) < 4.78 is 0.930. The second-order valence-corrected chi connectivity index (χ2v) is 10.0. The third-order valence-corrected chi connectivity index (χ3v) is 7.12. The summed E-state index contributed by atoms with van der Waals surface area (Å²) in [5.41, 5.74) is 0. The van der Waals surface area contributed by atoms with Gasteiger partial charge in [-0.1, -0.05) is 117 Å². The first-order valence-electron chi connectivity index (χ1n) is 14.3. The van der Waals surface area contributed by atoms with E-state index < -0.39 is 0 Å². The van der Waals surface area contributed by atoms with Gasteiger partial charge in [0.1, 0.15) is 13.1 Å². The average molecular weight is 523 g/mol. The summed E-state index contributed by atoms with van der Waals surface area (Å²) >= 11 is 0. The topological polar surface area (TPSA) is 40.5 Å². The number of aliphatic hydroxyl groups is 2. The van der Waals surface area contributed by atoms with Gasteiger partial charge in [0.2, 0.25) is 0 Å². The molecule has 0 heterocycles. The fraction of sp³-hybridized carbons (Fsp3) is 1.00. The minimum absolute atomic E-state index is 0. The summed E-state index contributed by atoms with van der Waals surface area (Å²) in [5.74, 6) is 0. The number of nitrogens with zero attached hydrogens (tertiary/aromatic N) is 1. The molecule has 196 valence electrons. The van der Waals surface area contributed by atoms with Crippen molar-refractivity contribution >= 4 is 0 Å². The van der Waals surface area contributed by atoms with E-state index in [2.05, 4.69) is 13.8 Å². The highest BCUT2D eigenvalue weighted by Crippen LogP contribution is 2.16. The molecule has 0 aromatic heterocycles. The lowest BCUT2D eigenvalue weighted by Gasteiger charge is -2.38. The minimum Gasteiger partial charge on any atom is -1.00 e. The van der Waals surface area contributed by atoms with E-state index in [-0.39, 0.29) is 30.2 Å². The van der Waals surface area contributed by atoms with Crippen LogP contribution in [0.3, 0.4) is 0 Å². The molecule has 0 fully saturated rings. The maximum atomic E-state index is 9.62. The van der Waals surface area contributed by atoms with E-state index in [0.29, 0.717) is 0 Å². The minimum atomic E-state index is 0. The van der Waals surface area contributed by atoms with Crippen LogP contribution in [0.2, 0.25) is 0 Å². The van der Waals surface area contributed by atoms with Gasteiger partial charge in [0.15, 0.2) is 0 Å². The molecule has 0 bridgehead atoms. The summed E-state index contributed by atoms with van der Waals surface area (Å²) in [6.07, 6.45) is 27.4. The third kappa shape index (κ3) is 22.2. The molecule has 3 nitrogen and oxygen atoms in total. The quantitative estimate of drug-likeness (QED) is 0.128. The molecular formula is C28H60BrNO2. The lowest BCUT2D eigenvalue weighted by Crippen LogP contribution is -3.00. The molecule has 2 N–H and O–H groups in total. The van der Waals surface area contributed by atoms with E-state index in [1.807, 2.05) is 0 Å². The normalized spacial score (nSPS) is 11.6. The molecule has 32 heavy (non-hydrogen) atoms. The van der Waals surface area contributed by atoms with Crippen molar-refractivity contribution in [3.05, 3.63) is 0 Å². The van der Waals surface area contributed by atoms with Crippen LogP contribution in [0.15, 0.2) is 0 Å². The molecule has 4 heteroatoms. The third-order valence-electron chi connectivity index (χ3n) is 7.12. The molecule has 0 spiro atoms. The van der Waals surface area contributed by atoms with Crippen LogP contribution in [0.25, 0.3) is 0 Å². The van der Waals surface area contributed by atoms with Gasteiger partial charge in [-0.3, -0.25) is 0 Å². The SMILES string of the molecule is CCCCCCCCCCCCCCCC[N+](CCO)(CCO)CCCCCCCC.[Br-]. The van der Waals surface area contributed by atoms with Gasteiger partial charge in [-0.2, -0.15) is 0 Å². The first-order valence-corrected chi connectivity index (χ1v) is 14.3. The molecule has 0 aliphatic carbocycles. The molecule has 0 amide bonds.